The molecule has 4 nitrogen and oxygen atoms in total. The van der Waals surface area contributed by atoms with Gasteiger partial charge in [-0.15, -0.1) is 12.6 Å². The van der Waals surface area contributed by atoms with E-state index in [4.69, 9.17) is 4.74 Å². The van der Waals surface area contributed by atoms with Crippen LogP contribution in [0.5, 0.6) is 0 Å². The number of halogens is 1. The summed E-state index contributed by atoms with van der Waals surface area (Å²) >= 11 is 4.04. The van der Waals surface area contributed by atoms with Gasteiger partial charge < -0.3 is 15.2 Å². The molecule has 1 atom stereocenters. The van der Waals surface area contributed by atoms with Crippen LogP contribution in [0.25, 0.3) is 0 Å². The number of ether oxygens (including phenoxy) is 1. The van der Waals surface area contributed by atoms with Crippen molar-refractivity contribution in [3.05, 3.63) is 29.6 Å². The molecule has 0 aliphatic carbocycles. The maximum Gasteiger partial charge on any atom is 0.254 e. The van der Waals surface area contributed by atoms with Gasteiger partial charge in [-0.1, -0.05) is 0 Å². The largest absolute Gasteiger partial charge is 0.391 e. The molecule has 0 aliphatic rings. The smallest absolute Gasteiger partial charge is 0.254 e. The minimum Gasteiger partial charge on any atom is -0.391 e. The predicted molar refractivity (Wildman–Crippen MR) is 68.5 cm³/mol. The Labute approximate surface area is 111 Å². The van der Waals surface area contributed by atoms with Crippen LogP contribution in [0.1, 0.15) is 16.8 Å². The Bertz CT molecular complexity index is 414. The van der Waals surface area contributed by atoms with E-state index in [0.29, 0.717) is 11.3 Å². The topological polar surface area (TPSA) is 58.6 Å². The van der Waals surface area contributed by atoms with Crippen molar-refractivity contribution in [3.63, 3.8) is 0 Å². The number of carbonyl (C=O) groups excluding carboxylic acids is 1. The van der Waals surface area contributed by atoms with Crippen LogP contribution in [-0.4, -0.2) is 37.4 Å². The quantitative estimate of drug-likeness (QED) is 0.684. The van der Waals surface area contributed by atoms with Crippen molar-refractivity contribution in [2.45, 2.75) is 17.4 Å². The van der Waals surface area contributed by atoms with E-state index in [1.54, 1.807) is 0 Å². The molecule has 0 heterocycles. The maximum atomic E-state index is 13.4. The number of methoxy groups -OCH3 is 1. The van der Waals surface area contributed by atoms with Crippen LogP contribution in [0, 0.1) is 5.82 Å². The Morgan fingerprint density at radius 3 is 3.00 bits per heavy atom. The highest BCUT2D eigenvalue weighted by Gasteiger charge is 2.12. The van der Waals surface area contributed by atoms with Crippen LogP contribution >= 0.6 is 12.6 Å². The number of hydrogen-bond donors (Lipinski definition) is 3. The Balaban J connectivity index is 2.48. The number of rotatable bonds is 6. The van der Waals surface area contributed by atoms with Crippen LogP contribution in [0.3, 0.4) is 0 Å². The molecule has 1 aromatic carbocycles. The molecule has 0 bridgehead atoms. The summed E-state index contributed by atoms with van der Waals surface area (Å²) in [6.07, 6.45) is -0.293. The fraction of sp³-hybridized carbons (Fsp3) is 0.417. The molecule has 0 aliphatic heterocycles. The predicted octanol–water partition coefficient (Wildman–Crippen LogP) is 1.24. The average molecular weight is 273 g/mol. The Kier molecular flexibility index (Phi) is 6.11. The SMILES string of the molecule is COCC(O)CCNC(=O)c1cc(S)ccc1F. The van der Waals surface area contributed by atoms with Gasteiger partial charge in [0.25, 0.3) is 5.91 Å². The number of hydrogen-bond acceptors (Lipinski definition) is 4. The molecule has 0 spiro atoms. The number of benzene rings is 1. The number of aliphatic hydroxyl groups is 1. The number of carbonyl (C=O) groups is 1. The fourth-order valence-corrected chi connectivity index (χ4v) is 1.61. The second-order valence-corrected chi connectivity index (χ2v) is 4.33. The van der Waals surface area contributed by atoms with Crippen molar-refractivity contribution in [3.8, 4) is 0 Å². The molecule has 0 radical (unpaired) electrons. The molecular weight excluding hydrogens is 257 g/mol. The first-order chi connectivity index (χ1) is 8.54. The lowest BCUT2D eigenvalue weighted by Gasteiger charge is -2.10. The number of aliphatic hydroxyl groups excluding tert-OH is 1. The fourth-order valence-electron chi connectivity index (χ4n) is 1.41. The molecule has 100 valence electrons. The van der Waals surface area contributed by atoms with Crippen LogP contribution in [0.2, 0.25) is 0 Å². The molecule has 6 heteroatoms. The van der Waals surface area contributed by atoms with Gasteiger partial charge in [0.15, 0.2) is 0 Å². The Morgan fingerprint density at radius 1 is 1.61 bits per heavy atom. The second-order valence-electron chi connectivity index (χ2n) is 3.82. The molecule has 1 unspecified atom stereocenters. The highest BCUT2D eigenvalue weighted by atomic mass is 32.1. The zero-order chi connectivity index (χ0) is 13.5. The Morgan fingerprint density at radius 2 is 2.33 bits per heavy atom. The van der Waals surface area contributed by atoms with Crippen molar-refractivity contribution < 1.29 is 19.0 Å². The first-order valence-corrected chi connectivity index (χ1v) is 5.93. The normalized spacial score (nSPS) is 12.2. The number of amides is 1. The van der Waals surface area contributed by atoms with E-state index in [1.165, 1.54) is 25.3 Å². The van der Waals surface area contributed by atoms with Gasteiger partial charge in [0.1, 0.15) is 5.82 Å². The Hall–Kier alpha value is -1.11. The van der Waals surface area contributed by atoms with Gasteiger partial charge in [0, 0.05) is 18.6 Å². The standard InChI is InChI=1S/C12H16FNO3S/c1-17-7-8(15)4-5-14-12(16)10-6-9(18)2-3-11(10)13/h2-3,6,8,15,18H,4-5,7H2,1H3,(H,14,16). The summed E-state index contributed by atoms with van der Waals surface area (Å²) in [5.74, 6) is -1.12. The zero-order valence-corrected chi connectivity index (χ0v) is 10.9. The summed E-state index contributed by atoms with van der Waals surface area (Å²) in [5.41, 5.74) is -0.0521. The summed E-state index contributed by atoms with van der Waals surface area (Å²) in [6.45, 7) is 0.454. The molecule has 2 N–H and O–H groups in total. The number of nitrogens with one attached hydrogen (secondary N) is 1. The highest BCUT2D eigenvalue weighted by molar-refractivity contribution is 7.80. The third-order valence-corrected chi connectivity index (χ3v) is 2.59. The van der Waals surface area contributed by atoms with E-state index in [0.717, 1.165) is 0 Å². The van der Waals surface area contributed by atoms with E-state index in [9.17, 15) is 14.3 Å². The first kappa shape index (κ1) is 14.9. The first-order valence-electron chi connectivity index (χ1n) is 5.48. The zero-order valence-electron chi connectivity index (χ0n) is 10.0. The minimum atomic E-state index is -0.642. The molecule has 0 aromatic heterocycles. The average Bonchev–Trinajstić information content (AvgIpc) is 2.32. The summed E-state index contributed by atoms with van der Waals surface area (Å²) < 4.78 is 18.1. The van der Waals surface area contributed by atoms with Crippen LogP contribution in [-0.2, 0) is 4.74 Å². The van der Waals surface area contributed by atoms with Crippen LogP contribution in [0.15, 0.2) is 23.1 Å². The van der Waals surface area contributed by atoms with E-state index in [-0.39, 0.29) is 18.7 Å². The summed E-state index contributed by atoms with van der Waals surface area (Å²) in [5, 5.41) is 11.9. The molecule has 1 amide bonds. The van der Waals surface area contributed by atoms with Gasteiger partial charge in [-0.25, -0.2) is 4.39 Å². The second kappa shape index (κ2) is 7.35. The third kappa shape index (κ3) is 4.64. The lowest BCUT2D eigenvalue weighted by molar-refractivity contribution is 0.0587. The minimum absolute atomic E-state index is 0.0521. The summed E-state index contributed by atoms with van der Waals surface area (Å²) in [6, 6.07) is 4.02. The molecule has 0 fully saturated rings. The molecule has 0 saturated carbocycles. The molecule has 18 heavy (non-hydrogen) atoms. The van der Waals surface area contributed by atoms with Gasteiger partial charge in [-0.2, -0.15) is 0 Å². The van der Waals surface area contributed by atoms with E-state index in [1.807, 2.05) is 0 Å². The molecule has 0 saturated heterocycles. The van der Waals surface area contributed by atoms with Crippen molar-refractivity contribution in [2.75, 3.05) is 20.3 Å². The summed E-state index contributed by atoms with van der Waals surface area (Å²) in [7, 11) is 1.48. The molecular formula is C12H16FNO3S. The van der Waals surface area contributed by atoms with Gasteiger partial charge in [-0.3, -0.25) is 4.79 Å². The van der Waals surface area contributed by atoms with E-state index >= 15 is 0 Å². The van der Waals surface area contributed by atoms with Gasteiger partial charge in [-0.05, 0) is 24.6 Å². The van der Waals surface area contributed by atoms with Crippen molar-refractivity contribution in [2.24, 2.45) is 0 Å². The lowest BCUT2D eigenvalue weighted by Crippen LogP contribution is -2.29. The van der Waals surface area contributed by atoms with Crippen LogP contribution in [0.4, 0.5) is 4.39 Å². The molecule has 1 aromatic rings. The van der Waals surface area contributed by atoms with E-state index in [2.05, 4.69) is 17.9 Å². The summed E-state index contributed by atoms with van der Waals surface area (Å²) in [4.78, 5) is 12.2. The molecule has 1 rings (SSSR count). The maximum absolute atomic E-state index is 13.4. The van der Waals surface area contributed by atoms with Crippen molar-refractivity contribution in [1.82, 2.24) is 5.32 Å². The third-order valence-electron chi connectivity index (χ3n) is 2.32. The van der Waals surface area contributed by atoms with E-state index < -0.39 is 17.8 Å². The van der Waals surface area contributed by atoms with Gasteiger partial charge in [0.2, 0.25) is 0 Å². The highest BCUT2D eigenvalue weighted by Crippen LogP contribution is 2.13. The van der Waals surface area contributed by atoms with Crippen LogP contribution < -0.4 is 5.32 Å². The lowest BCUT2D eigenvalue weighted by atomic mass is 10.2. The van der Waals surface area contributed by atoms with Crippen molar-refractivity contribution in [1.29, 1.82) is 0 Å². The van der Waals surface area contributed by atoms with Gasteiger partial charge in [0.05, 0.1) is 18.3 Å². The van der Waals surface area contributed by atoms with Gasteiger partial charge >= 0.3 is 0 Å². The monoisotopic (exact) mass is 273 g/mol. The number of thiol groups is 1. The van der Waals surface area contributed by atoms with Crippen molar-refractivity contribution >= 4 is 18.5 Å².